The normalized spacial score (nSPS) is 21.1. The van der Waals surface area contributed by atoms with Crippen LogP contribution in [-0.2, 0) is 11.2 Å². The third-order valence-corrected chi connectivity index (χ3v) is 2.43. The van der Waals surface area contributed by atoms with Crippen molar-refractivity contribution in [2.24, 2.45) is 5.92 Å². The molecule has 0 spiro atoms. The molecule has 0 aromatic carbocycles. The van der Waals surface area contributed by atoms with Gasteiger partial charge in [0.25, 0.3) is 0 Å². The van der Waals surface area contributed by atoms with E-state index in [0.29, 0.717) is 11.8 Å². The van der Waals surface area contributed by atoms with E-state index >= 15 is 0 Å². The smallest absolute Gasteiger partial charge is 0.233 e. The molecule has 1 unspecified atom stereocenters. The van der Waals surface area contributed by atoms with Crippen molar-refractivity contribution in [1.29, 1.82) is 0 Å². The summed E-state index contributed by atoms with van der Waals surface area (Å²) in [5, 5.41) is 8.01. The highest BCUT2D eigenvalue weighted by Gasteiger charge is 2.16. The van der Waals surface area contributed by atoms with Crippen LogP contribution in [0.5, 0.6) is 5.88 Å². The largest absolute Gasteiger partial charge is 0.480 e. The maximum absolute atomic E-state index is 5.30. The van der Waals surface area contributed by atoms with Crippen LogP contribution in [0.3, 0.4) is 0 Å². The zero-order valence-electron chi connectivity index (χ0n) is 8.27. The third kappa shape index (κ3) is 2.20. The number of hydrogen-bond donors (Lipinski definition) is 0. The SMILES string of the molecule is COc1ccc(CC2CCOC2)nn1. The fraction of sp³-hybridized carbons (Fsp3) is 0.600. The second-order valence-electron chi connectivity index (χ2n) is 3.50. The predicted molar refractivity (Wildman–Crippen MR) is 51.2 cm³/mol. The van der Waals surface area contributed by atoms with Crippen LogP contribution < -0.4 is 4.74 Å². The maximum atomic E-state index is 5.30. The molecule has 1 aromatic heterocycles. The Balaban J connectivity index is 1.95. The standard InChI is InChI=1S/C10H14N2O2/c1-13-10-3-2-9(11-12-10)6-8-4-5-14-7-8/h2-3,8H,4-7H2,1H3. The number of methoxy groups -OCH3 is 1. The van der Waals surface area contributed by atoms with E-state index < -0.39 is 0 Å². The Labute approximate surface area is 83.3 Å². The number of ether oxygens (including phenoxy) is 2. The summed E-state index contributed by atoms with van der Waals surface area (Å²) >= 11 is 0. The molecule has 0 saturated carbocycles. The first-order valence-electron chi connectivity index (χ1n) is 4.83. The summed E-state index contributed by atoms with van der Waals surface area (Å²) in [7, 11) is 1.59. The zero-order valence-corrected chi connectivity index (χ0v) is 8.27. The summed E-state index contributed by atoms with van der Waals surface area (Å²) in [6.45, 7) is 1.74. The second kappa shape index (κ2) is 4.37. The van der Waals surface area contributed by atoms with Crippen LogP contribution in [0.1, 0.15) is 12.1 Å². The Bertz CT molecular complexity index is 281. The van der Waals surface area contributed by atoms with Crippen molar-refractivity contribution in [3.8, 4) is 5.88 Å². The Morgan fingerprint density at radius 1 is 1.50 bits per heavy atom. The van der Waals surface area contributed by atoms with Gasteiger partial charge >= 0.3 is 0 Å². The van der Waals surface area contributed by atoms with Crippen molar-refractivity contribution in [2.75, 3.05) is 20.3 Å². The molecule has 1 saturated heterocycles. The minimum atomic E-state index is 0.566. The lowest BCUT2D eigenvalue weighted by Crippen LogP contribution is -2.06. The Hall–Kier alpha value is -1.16. The van der Waals surface area contributed by atoms with E-state index in [4.69, 9.17) is 9.47 Å². The summed E-state index contributed by atoms with van der Waals surface area (Å²) in [6, 6.07) is 3.81. The van der Waals surface area contributed by atoms with E-state index in [1.165, 1.54) is 0 Å². The van der Waals surface area contributed by atoms with Crippen molar-refractivity contribution in [3.63, 3.8) is 0 Å². The molecule has 0 bridgehead atoms. The lowest BCUT2D eigenvalue weighted by molar-refractivity contribution is 0.185. The van der Waals surface area contributed by atoms with E-state index in [9.17, 15) is 0 Å². The molecule has 4 nitrogen and oxygen atoms in total. The van der Waals surface area contributed by atoms with Gasteiger partial charge in [0, 0.05) is 19.3 Å². The average molecular weight is 194 g/mol. The van der Waals surface area contributed by atoms with Gasteiger partial charge in [-0.15, -0.1) is 5.10 Å². The highest BCUT2D eigenvalue weighted by molar-refractivity contribution is 5.11. The predicted octanol–water partition coefficient (Wildman–Crippen LogP) is 1.06. The van der Waals surface area contributed by atoms with E-state index in [2.05, 4.69) is 10.2 Å². The van der Waals surface area contributed by atoms with Crippen LogP contribution in [0, 0.1) is 5.92 Å². The van der Waals surface area contributed by atoms with Gasteiger partial charge in [-0.05, 0) is 24.8 Å². The van der Waals surface area contributed by atoms with Crippen molar-refractivity contribution in [3.05, 3.63) is 17.8 Å². The highest BCUT2D eigenvalue weighted by Crippen LogP contribution is 2.17. The van der Waals surface area contributed by atoms with Crippen molar-refractivity contribution >= 4 is 0 Å². The van der Waals surface area contributed by atoms with Gasteiger partial charge in [0.2, 0.25) is 5.88 Å². The molecule has 4 heteroatoms. The topological polar surface area (TPSA) is 44.2 Å². The number of rotatable bonds is 3. The van der Waals surface area contributed by atoms with Gasteiger partial charge in [-0.3, -0.25) is 0 Å². The van der Waals surface area contributed by atoms with Crippen LogP contribution in [0.4, 0.5) is 0 Å². The Kier molecular flexibility index (Phi) is 2.93. The number of hydrogen-bond acceptors (Lipinski definition) is 4. The van der Waals surface area contributed by atoms with Crippen molar-refractivity contribution in [1.82, 2.24) is 10.2 Å². The first kappa shape index (κ1) is 9.40. The molecule has 1 fully saturated rings. The first-order chi connectivity index (χ1) is 6.88. The summed E-state index contributed by atoms with van der Waals surface area (Å²) < 4.78 is 10.2. The van der Waals surface area contributed by atoms with E-state index in [-0.39, 0.29) is 0 Å². The van der Waals surface area contributed by atoms with Crippen molar-refractivity contribution < 1.29 is 9.47 Å². The average Bonchev–Trinajstić information content (AvgIpc) is 2.72. The fourth-order valence-electron chi connectivity index (χ4n) is 1.61. The van der Waals surface area contributed by atoms with Gasteiger partial charge < -0.3 is 9.47 Å². The molecule has 1 aromatic rings. The van der Waals surface area contributed by atoms with Crippen LogP contribution in [-0.4, -0.2) is 30.5 Å². The van der Waals surface area contributed by atoms with Crippen molar-refractivity contribution in [2.45, 2.75) is 12.8 Å². The van der Waals surface area contributed by atoms with E-state index in [1.54, 1.807) is 7.11 Å². The van der Waals surface area contributed by atoms with Gasteiger partial charge in [-0.1, -0.05) is 0 Å². The quantitative estimate of drug-likeness (QED) is 0.721. The zero-order chi connectivity index (χ0) is 9.80. The molecule has 14 heavy (non-hydrogen) atoms. The number of nitrogens with zero attached hydrogens (tertiary/aromatic N) is 2. The maximum Gasteiger partial charge on any atom is 0.233 e. The lowest BCUT2D eigenvalue weighted by Gasteiger charge is -2.05. The molecular formula is C10H14N2O2. The first-order valence-corrected chi connectivity index (χ1v) is 4.83. The molecule has 76 valence electrons. The van der Waals surface area contributed by atoms with Gasteiger partial charge in [0.1, 0.15) is 0 Å². The highest BCUT2D eigenvalue weighted by atomic mass is 16.5. The summed E-state index contributed by atoms with van der Waals surface area (Å²) in [5.74, 6) is 1.18. The van der Waals surface area contributed by atoms with Gasteiger partial charge in [0.05, 0.1) is 12.8 Å². The number of aromatic nitrogens is 2. The third-order valence-electron chi connectivity index (χ3n) is 2.43. The van der Waals surface area contributed by atoms with Crippen LogP contribution in [0.2, 0.25) is 0 Å². The molecule has 1 atom stereocenters. The molecule has 0 radical (unpaired) electrons. The van der Waals surface area contributed by atoms with Crippen LogP contribution in [0.15, 0.2) is 12.1 Å². The van der Waals surface area contributed by atoms with E-state index in [0.717, 1.165) is 31.7 Å². The molecular weight excluding hydrogens is 180 g/mol. The lowest BCUT2D eigenvalue weighted by atomic mass is 10.0. The van der Waals surface area contributed by atoms with Gasteiger partial charge in [-0.2, -0.15) is 5.10 Å². The molecule has 1 aliphatic rings. The Morgan fingerprint density at radius 2 is 2.43 bits per heavy atom. The minimum Gasteiger partial charge on any atom is -0.480 e. The summed E-state index contributed by atoms with van der Waals surface area (Å²) in [6.07, 6.45) is 2.09. The fourth-order valence-corrected chi connectivity index (χ4v) is 1.61. The monoisotopic (exact) mass is 194 g/mol. The van der Waals surface area contributed by atoms with Crippen LogP contribution >= 0.6 is 0 Å². The van der Waals surface area contributed by atoms with E-state index in [1.807, 2.05) is 12.1 Å². The van der Waals surface area contributed by atoms with Gasteiger partial charge in [-0.25, -0.2) is 0 Å². The molecule has 0 N–H and O–H groups in total. The second-order valence-corrected chi connectivity index (χ2v) is 3.50. The summed E-state index contributed by atoms with van der Waals surface area (Å²) in [5.41, 5.74) is 1.02. The summed E-state index contributed by atoms with van der Waals surface area (Å²) in [4.78, 5) is 0. The molecule has 0 amide bonds. The molecule has 0 aliphatic carbocycles. The minimum absolute atomic E-state index is 0.566. The van der Waals surface area contributed by atoms with Gasteiger partial charge in [0.15, 0.2) is 0 Å². The Morgan fingerprint density at radius 3 is 3.00 bits per heavy atom. The molecule has 2 heterocycles. The molecule has 2 rings (SSSR count). The molecule has 1 aliphatic heterocycles. The van der Waals surface area contributed by atoms with Crippen LogP contribution in [0.25, 0.3) is 0 Å².